The molecule has 1 amide bonds. The Bertz CT molecular complexity index is 601. The lowest BCUT2D eigenvalue weighted by Gasteiger charge is -2.20. The number of hydrogen-bond acceptors (Lipinski definition) is 4. The van der Waals surface area contributed by atoms with Crippen LogP contribution in [0.3, 0.4) is 0 Å². The minimum atomic E-state index is -4.49. The lowest BCUT2D eigenvalue weighted by atomic mass is 10.3. The number of carbonyl (C=O) groups is 2. The Labute approximate surface area is 135 Å². The van der Waals surface area contributed by atoms with Crippen molar-refractivity contribution < 1.29 is 37.3 Å². The van der Waals surface area contributed by atoms with E-state index >= 15 is 0 Å². The molecule has 0 aliphatic heterocycles. The number of halogens is 3. The molecule has 1 aliphatic rings. The SMILES string of the molecule is O=C(O)CN(C(=O)COc1ccccc1OCC(F)(F)F)C1CC1. The normalized spacial score (nSPS) is 14.1. The standard InChI is InChI=1S/C15H16F3NO5/c16-15(17,18)9-24-12-4-2-1-3-11(12)23-8-13(20)19(7-14(21)22)10-5-6-10/h1-4,10H,5-9H2,(H,21,22). The van der Waals surface area contributed by atoms with Gasteiger partial charge < -0.3 is 19.5 Å². The van der Waals surface area contributed by atoms with E-state index in [1.807, 2.05) is 0 Å². The van der Waals surface area contributed by atoms with Crippen molar-refractivity contribution in [3.05, 3.63) is 24.3 Å². The lowest BCUT2D eigenvalue weighted by Crippen LogP contribution is -2.40. The Balaban J connectivity index is 1.95. The van der Waals surface area contributed by atoms with Gasteiger partial charge in [-0.25, -0.2) is 0 Å². The van der Waals surface area contributed by atoms with Crippen LogP contribution in [-0.4, -0.2) is 53.9 Å². The summed E-state index contributed by atoms with van der Waals surface area (Å²) in [4.78, 5) is 24.1. The zero-order valence-corrected chi connectivity index (χ0v) is 12.6. The van der Waals surface area contributed by atoms with Crippen molar-refractivity contribution in [3.63, 3.8) is 0 Å². The molecule has 0 bridgehead atoms. The van der Waals surface area contributed by atoms with E-state index in [-0.39, 0.29) is 17.5 Å². The van der Waals surface area contributed by atoms with Gasteiger partial charge in [0.1, 0.15) is 6.54 Å². The van der Waals surface area contributed by atoms with Gasteiger partial charge in [-0.05, 0) is 25.0 Å². The zero-order chi connectivity index (χ0) is 17.7. The van der Waals surface area contributed by atoms with Crippen LogP contribution in [0.25, 0.3) is 0 Å². The molecule has 1 aromatic rings. The van der Waals surface area contributed by atoms with E-state index in [0.29, 0.717) is 0 Å². The van der Waals surface area contributed by atoms with Crippen LogP contribution in [0.4, 0.5) is 13.2 Å². The number of carbonyl (C=O) groups excluding carboxylic acids is 1. The van der Waals surface area contributed by atoms with E-state index in [0.717, 1.165) is 12.8 Å². The molecule has 0 radical (unpaired) electrons. The van der Waals surface area contributed by atoms with Crippen LogP contribution in [-0.2, 0) is 9.59 Å². The van der Waals surface area contributed by atoms with Gasteiger partial charge >= 0.3 is 12.1 Å². The van der Waals surface area contributed by atoms with E-state index in [9.17, 15) is 22.8 Å². The molecule has 0 spiro atoms. The molecule has 0 aromatic heterocycles. The Kier molecular flexibility index (Phi) is 5.53. The molecule has 2 rings (SSSR count). The third-order valence-corrected chi connectivity index (χ3v) is 3.21. The van der Waals surface area contributed by atoms with Crippen molar-refractivity contribution in [2.45, 2.75) is 25.1 Å². The summed E-state index contributed by atoms with van der Waals surface area (Å²) in [5, 5.41) is 8.82. The highest BCUT2D eigenvalue weighted by atomic mass is 19.4. The van der Waals surface area contributed by atoms with Gasteiger partial charge in [0, 0.05) is 6.04 Å². The largest absolute Gasteiger partial charge is 0.480 e. The van der Waals surface area contributed by atoms with Crippen LogP contribution in [0, 0.1) is 0 Å². The van der Waals surface area contributed by atoms with Gasteiger partial charge in [0.2, 0.25) is 0 Å². The van der Waals surface area contributed by atoms with Crippen molar-refractivity contribution in [2.24, 2.45) is 0 Å². The molecule has 9 heteroatoms. The second-order valence-electron chi connectivity index (χ2n) is 5.29. The number of nitrogens with zero attached hydrogens (tertiary/aromatic N) is 1. The second-order valence-corrected chi connectivity index (χ2v) is 5.29. The molecule has 132 valence electrons. The van der Waals surface area contributed by atoms with Crippen molar-refractivity contribution in [2.75, 3.05) is 19.8 Å². The summed E-state index contributed by atoms with van der Waals surface area (Å²) in [6, 6.07) is 5.55. The number of alkyl halides is 3. The third-order valence-electron chi connectivity index (χ3n) is 3.21. The van der Waals surface area contributed by atoms with E-state index in [2.05, 4.69) is 4.74 Å². The average Bonchev–Trinajstić information content (AvgIpc) is 3.32. The Morgan fingerprint density at radius 2 is 1.75 bits per heavy atom. The van der Waals surface area contributed by atoms with Gasteiger partial charge in [-0.15, -0.1) is 0 Å². The predicted octanol–water partition coefficient (Wildman–Crippen LogP) is 2.08. The van der Waals surface area contributed by atoms with E-state index in [4.69, 9.17) is 9.84 Å². The van der Waals surface area contributed by atoms with E-state index in [1.54, 1.807) is 0 Å². The van der Waals surface area contributed by atoms with Gasteiger partial charge in [-0.3, -0.25) is 9.59 Å². The number of ether oxygens (including phenoxy) is 2. The summed E-state index contributed by atoms with van der Waals surface area (Å²) in [6.45, 7) is -2.39. The summed E-state index contributed by atoms with van der Waals surface area (Å²) < 4.78 is 46.6. The molecule has 0 unspecified atom stereocenters. The quantitative estimate of drug-likeness (QED) is 0.779. The Hall–Kier alpha value is -2.45. The number of amides is 1. The highest BCUT2D eigenvalue weighted by Gasteiger charge is 2.34. The Morgan fingerprint density at radius 3 is 2.25 bits per heavy atom. The van der Waals surface area contributed by atoms with Crippen molar-refractivity contribution in [3.8, 4) is 11.5 Å². The fraction of sp³-hybridized carbons (Fsp3) is 0.467. The van der Waals surface area contributed by atoms with Crippen LogP contribution in [0.15, 0.2) is 24.3 Å². The van der Waals surface area contributed by atoms with Gasteiger partial charge in [0.25, 0.3) is 5.91 Å². The van der Waals surface area contributed by atoms with Crippen LogP contribution >= 0.6 is 0 Å². The monoisotopic (exact) mass is 347 g/mol. The smallest absolute Gasteiger partial charge is 0.422 e. The van der Waals surface area contributed by atoms with Crippen molar-refractivity contribution in [1.82, 2.24) is 4.90 Å². The molecule has 1 fully saturated rings. The second kappa shape index (κ2) is 7.41. The van der Waals surface area contributed by atoms with Crippen LogP contribution in [0.1, 0.15) is 12.8 Å². The minimum Gasteiger partial charge on any atom is -0.480 e. The van der Waals surface area contributed by atoms with Gasteiger partial charge in [0.05, 0.1) is 0 Å². The first kappa shape index (κ1) is 17.9. The fourth-order valence-corrected chi connectivity index (χ4v) is 2.02. The third kappa shape index (κ3) is 5.64. The molecule has 0 heterocycles. The predicted molar refractivity (Wildman–Crippen MR) is 75.9 cm³/mol. The summed E-state index contributed by atoms with van der Waals surface area (Å²) in [5.41, 5.74) is 0. The van der Waals surface area contributed by atoms with Gasteiger partial charge in [-0.1, -0.05) is 12.1 Å². The van der Waals surface area contributed by atoms with Crippen molar-refractivity contribution >= 4 is 11.9 Å². The summed E-state index contributed by atoms with van der Waals surface area (Å²) in [5.74, 6) is -1.82. The molecule has 0 saturated heterocycles. The van der Waals surface area contributed by atoms with Gasteiger partial charge in [-0.2, -0.15) is 13.2 Å². The number of para-hydroxylation sites is 2. The van der Waals surface area contributed by atoms with Crippen LogP contribution in [0.2, 0.25) is 0 Å². The number of carboxylic acids is 1. The molecule has 24 heavy (non-hydrogen) atoms. The van der Waals surface area contributed by atoms with E-state index in [1.165, 1.54) is 29.2 Å². The highest BCUT2D eigenvalue weighted by molar-refractivity contribution is 5.83. The molecule has 0 atom stereocenters. The van der Waals surface area contributed by atoms with Crippen LogP contribution < -0.4 is 9.47 Å². The Morgan fingerprint density at radius 1 is 1.17 bits per heavy atom. The first-order valence-electron chi connectivity index (χ1n) is 7.19. The van der Waals surface area contributed by atoms with Crippen LogP contribution in [0.5, 0.6) is 11.5 Å². The summed E-state index contributed by atoms with van der Waals surface area (Å²) in [7, 11) is 0. The molecule has 1 aliphatic carbocycles. The average molecular weight is 347 g/mol. The maximum Gasteiger partial charge on any atom is 0.422 e. The number of benzene rings is 1. The molecule has 1 aromatic carbocycles. The summed E-state index contributed by atoms with van der Waals surface area (Å²) in [6.07, 6.45) is -3.04. The number of aliphatic carboxylic acids is 1. The molecule has 1 N–H and O–H groups in total. The first-order valence-corrected chi connectivity index (χ1v) is 7.19. The minimum absolute atomic E-state index is 0.0128. The number of hydrogen-bond donors (Lipinski definition) is 1. The summed E-state index contributed by atoms with van der Waals surface area (Å²) >= 11 is 0. The zero-order valence-electron chi connectivity index (χ0n) is 12.6. The molecular formula is C15H16F3NO5. The fourth-order valence-electron chi connectivity index (χ4n) is 2.02. The lowest BCUT2D eigenvalue weighted by molar-refractivity contribution is -0.153. The van der Waals surface area contributed by atoms with Crippen molar-refractivity contribution in [1.29, 1.82) is 0 Å². The number of carboxylic acid groups (broad SMARTS) is 1. The number of rotatable bonds is 8. The molecule has 1 saturated carbocycles. The molecule has 6 nitrogen and oxygen atoms in total. The van der Waals surface area contributed by atoms with E-state index < -0.39 is 37.8 Å². The highest BCUT2D eigenvalue weighted by Crippen LogP contribution is 2.29. The topological polar surface area (TPSA) is 76.1 Å². The maximum absolute atomic E-state index is 12.2. The maximum atomic E-state index is 12.2. The first-order chi connectivity index (χ1) is 11.3. The van der Waals surface area contributed by atoms with Gasteiger partial charge in [0.15, 0.2) is 24.7 Å². The molecular weight excluding hydrogens is 331 g/mol.